The van der Waals surface area contributed by atoms with Gasteiger partial charge in [0, 0.05) is 0 Å². The first-order chi connectivity index (χ1) is 5.96. The summed E-state index contributed by atoms with van der Waals surface area (Å²) in [6.07, 6.45) is 4.22. The molecule has 0 bridgehead atoms. The van der Waals surface area contributed by atoms with Gasteiger partial charge in [-0.25, -0.2) is 0 Å². The van der Waals surface area contributed by atoms with Crippen molar-refractivity contribution in [3.8, 4) is 0 Å². The molecular weight excluding hydrogens is 164 g/mol. The van der Waals surface area contributed by atoms with Crippen LogP contribution in [0.1, 0.15) is 39.5 Å². The minimum Gasteiger partial charge on any atom is -0.368 e. The maximum atomic E-state index is 11.5. The molecule has 1 rings (SSSR count). The van der Waals surface area contributed by atoms with E-state index in [-0.39, 0.29) is 11.3 Å². The quantitative estimate of drug-likeness (QED) is 0.673. The van der Waals surface area contributed by atoms with E-state index in [0.717, 1.165) is 19.3 Å². The highest BCUT2D eigenvalue weighted by atomic mass is 16.1. The zero-order valence-corrected chi connectivity index (χ0v) is 8.81. The van der Waals surface area contributed by atoms with E-state index >= 15 is 0 Å². The molecule has 0 spiro atoms. The minimum absolute atomic E-state index is 0.0220. The average Bonchev–Trinajstić information content (AvgIpc) is 2.03. The molecule has 3 nitrogen and oxygen atoms in total. The van der Waals surface area contributed by atoms with Crippen molar-refractivity contribution in [1.82, 2.24) is 5.32 Å². The zero-order valence-electron chi connectivity index (χ0n) is 8.81. The van der Waals surface area contributed by atoms with Gasteiger partial charge in [-0.2, -0.15) is 0 Å². The highest BCUT2D eigenvalue weighted by Crippen LogP contribution is 2.43. The van der Waals surface area contributed by atoms with Crippen LogP contribution in [0.15, 0.2) is 0 Å². The number of amides is 1. The van der Waals surface area contributed by atoms with Gasteiger partial charge in [-0.05, 0) is 25.3 Å². The highest BCUT2D eigenvalue weighted by Gasteiger charge is 2.49. The molecule has 1 amide bonds. The van der Waals surface area contributed by atoms with Gasteiger partial charge in [0.25, 0.3) is 0 Å². The molecular formula is C10H20N2O. The smallest absolute Gasteiger partial charge is 0.238 e. The van der Waals surface area contributed by atoms with Gasteiger partial charge in [-0.15, -0.1) is 0 Å². The van der Waals surface area contributed by atoms with Gasteiger partial charge in [0.2, 0.25) is 5.91 Å². The largest absolute Gasteiger partial charge is 0.368 e. The molecule has 13 heavy (non-hydrogen) atoms. The molecule has 1 unspecified atom stereocenters. The molecule has 0 aromatic heterocycles. The number of primary amides is 1. The Morgan fingerprint density at radius 1 is 1.31 bits per heavy atom. The monoisotopic (exact) mass is 184 g/mol. The molecule has 0 heterocycles. The van der Waals surface area contributed by atoms with Gasteiger partial charge < -0.3 is 11.1 Å². The Hall–Kier alpha value is -0.570. The number of carbonyl (C=O) groups excluding carboxylic acids is 1. The number of carbonyl (C=O) groups is 1. The number of rotatable bonds is 2. The van der Waals surface area contributed by atoms with Crippen LogP contribution in [0.5, 0.6) is 0 Å². The molecule has 1 aliphatic carbocycles. The van der Waals surface area contributed by atoms with Gasteiger partial charge in [-0.3, -0.25) is 4.79 Å². The van der Waals surface area contributed by atoms with E-state index < -0.39 is 5.54 Å². The molecule has 0 aromatic rings. The molecule has 1 fully saturated rings. The van der Waals surface area contributed by atoms with E-state index in [0.29, 0.717) is 0 Å². The molecule has 1 atom stereocenters. The van der Waals surface area contributed by atoms with Gasteiger partial charge in [0.1, 0.15) is 5.54 Å². The Morgan fingerprint density at radius 2 is 1.85 bits per heavy atom. The van der Waals surface area contributed by atoms with E-state index in [1.165, 1.54) is 6.42 Å². The summed E-state index contributed by atoms with van der Waals surface area (Å²) < 4.78 is 0. The topological polar surface area (TPSA) is 55.1 Å². The molecule has 0 saturated heterocycles. The lowest BCUT2D eigenvalue weighted by molar-refractivity contribution is -0.131. The van der Waals surface area contributed by atoms with Crippen LogP contribution >= 0.6 is 0 Å². The van der Waals surface area contributed by atoms with Gasteiger partial charge in [0.05, 0.1) is 0 Å². The van der Waals surface area contributed by atoms with Crippen LogP contribution in [-0.2, 0) is 4.79 Å². The van der Waals surface area contributed by atoms with Crippen molar-refractivity contribution >= 4 is 5.91 Å². The Bertz CT molecular complexity index is 213. The first-order valence-electron chi connectivity index (χ1n) is 4.95. The lowest BCUT2D eigenvalue weighted by Gasteiger charge is -2.47. The van der Waals surface area contributed by atoms with Crippen LogP contribution in [0.4, 0.5) is 0 Å². The third kappa shape index (κ3) is 1.46. The van der Waals surface area contributed by atoms with Crippen LogP contribution in [0.2, 0.25) is 0 Å². The second-order valence-corrected chi connectivity index (χ2v) is 4.61. The molecule has 0 aromatic carbocycles. The van der Waals surface area contributed by atoms with Gasteiger partial charge >= 0.3 is 0 Å². The summed E-state index contributed by atoms with van der Waals surface area (Å²) >= 11 is 0. The number of hydrogen-bond donors (Lipinski definition) is 2. The van der Waals surface area contributed by atoms with Crippen LogP contribution in [0.25, 0.3) is 0 Å². The van der Waals surface area contributed by atoms with Gasteiger partial charge in [-0.1, -0.05) is 26.7 Å². The predicted molar refractivity (Wildman–Crippen MR) is 53.2 cm³/mol. The second-order valence-electron chi connectivity index (χ2n) is 4.61. The fraction of sp³-hybridized carbons (Fsp3) is 0.900. The average molecular weight is 184 g/mol. The summed E-state index contributed by atoms with van der Waals surface area (Å²) in [5.41, 5.74) is 4.97. The molecule has 3 N–H and O–H groups in total. The first-order valence-corrected chi connectivity index (χ1v) is 4.95. The molecule has 1 saturated carbocycles. The van der Waals surface area contributed by atoms with Crippen LogP contribution < -0.4 is 11.1 Å². The fourth-order valence-electron chi connectivity index (χ4n) is 2.55. The summed E-state index contributed by atoms with van der Waals surface area (Å²) in [6, 6.07) is 0. The maximum absolute atomic E-state index is 11.5. The van der Waals surface area contributed by atoms with E-state index in [1.54, 1.807) is 0 Å². The van der Waals surface area contributed by atoms with Crippen molar-refractivity contribution in [1.29, 1.82) is 0 Å². The van der Waals surface area contributed by atoms with Crippen molar-refractivity contribution in [2.75, 3.05) is 7.05 Å². The summed E-state index contributed by atoms with van der Waals surface area (Å²) in [5.74, 6) is -0.209. The van der Waals surface area contributed by atoms with Crippen LogP contribution in [0, 0.1) is 5.41 Å². The minimum atomic E-state index is -0.495. The number of nitrogens with two attached hydrogens (primary N) is 1. The summed E-state index contributed by atoms with van der Waals surface area (Å²) in [6.45, 7) is 4.24. The Balaban J connectivity index is 2.99. The fourth-order valence-corrected chi connectivity index (χ4v) is 2.55. The van der Waals surface area contributed by atoms with Crippen molar-refractivity contribution in [3.63, 3.8) is 0 Å². The third-order valence-electron chi connectivity index (χ3n) is 3.61. The van der Waals surface area contributed by atoms with E-state index in [1.807, 2.05) is 7.05 Å². The summed E-state index contributed by atoms with van der Waals surface area (Å²) in [4.78, 5) is 11.5. The van der Waals surface area contributed by atoms with E-state index in [4.69, 9.17) is 5.73 Å². The van der Waals surface area contributed by atoms with E-state index in [9.17, 15) is 4.79 Å². The summed E-state index contributed by atoms with van der Waals surface area (Å²) in [5, 5.41) is 3.13. The molecule has 0 aliphatic heterocycles. The molecule has 0 radical (unpaired) electrons. The zero-order chi connectivity index (χ0) is 10.1. The van der Waals surface area contributed by atoms with Crippen molar-refractivity contribution in [2.45, 2.75) is 45.1 Å². The lowest BCUT2D eigenvalue weighted by atomic mass is 9.63. The standard InChI is InChI=1S/C10H20N2O/c1-9(2)6-4-5-7-10(9,12-3)8(11)13/h12H,4-7H2,1-3H3,(H2,11,13). The number of hydrogen-bond acceptors (Lipinski definition) is 2. The highest BCUT2D eigenvalue weighted by molar-refractivity contribution is 5.85. The van der Waals surface area contributed by atoms with Crippen molar-refractivity contribution in [3.05, 3.63) is 0 Å². The molecule has 76 valence electrons. The van der Waals surface area contributed by atoms with Crippen LogP contribution in [-0.4, -0.2) is 18.5 Å². The number of likely N-dealkylation sites (N-methyl/N-ethyl adjacent to an activating group) is 1. The second kappa shape index (κ2) is 3.29. The summed E-state index contributed by atoms with van der Waals surface area (Å²) in [7, 11) is 1.83. The molecule has 3 heteroatoms. The third-order valence-corrected chi connectivity index (χ3v) is 3.61. The van der Waals surface area contributed by atoms with Crippen molar-refractivity contribution < 1.29 is 4.79 Å². The molecule has 1 aliphatic rings. The van der Waals surface area contributed by atoms with E-state index in [2.05, 4.69) is 19.2 Å². The first kappa shape index (κ1) is 10.5. The number of nitrogens with one attached hydrogen (secondary N) is 1. The van der Waals surface area contributed by atoms with Crippen molar-refractivity contribution in [2.24, 2.45) is 11.1 Å². The Morgan fingerprint density at radius 3 is 2.15 bits per heavy atom. The predicted octanol–water partition coefficient (Wildman–Crippen LogP) is 1.03. The Labute approximate surface area is 80.1 Å². The van der Waals surface area contributed by atoms with Gasteiger partial charge in [0.15, 0.2) is 0 Å². The SMILES string of the molecule is CNC1(C(N)=O)CCCCC1(C)C. The lowest BCUT2D eigenvalue weighted by Crippen LogP contribution is -2.64. The normalized spacial score (nSPS) is 32.8. The van der Waals surface area contributed by atoms with Crippen LogP contribution in [0.3, 0.4) is 0 Å². The Kier molecular flexibility index (Phi) is 2.66. The maximum Gasteiger partial charge on any atom is 0.238 e.